The van der Waals surface area contributed by atoms with Gasteiger partial charge in [-0.3, -0.25) is 9.59 Å². The fourth-order valence-corrected chi connectivity index (χ4v) is 7.72. The van der Waals surface area contributed by atoms with Gasteiger partial charge in [0.1, 0.15) is 0 Å². The summed E-state index contributed by atoms with van der Waals surface area (Å²) in [6, 6.07) is 1.80. The third kappa shape index (κ3) is 13.6. The third-order valence-electron chi connectivity index (χ3n) is 10.1. The number of allylic oxidation sites excluding steroid dienone is 2. The molecule has 3 heteroatoms. The minimum Gasteiger partial charge on any atom is -0.289 e. The second-order valence-electron chi connectivity index (χ2n) is 15.0. The zero-order chi connectivity index (χ0) is 31.1. The molecular weight excluding hydrogens is 532 g/mol. The Kier molecular flexibility index (Phi) is 17.5. The van der Waals surface area contributed by atoms with Crippen LogP contribution in [0.1, 0.15) is 185 Å². The Morgan fingerprint density at radius 2 is 0.929 bits per heavy atom. The first-order valence-electron chi connectivity index (χ1n) is 17.9. The maximum absolute atomic E-state index is 12.9. The molecule has 0 N–H and O–H groups in total. The summed E-state index contributed by atoms with van der Waals surface area (Å²) >= 11 is 1.41. The SMILES string of the molecule is CC1=C(CCC(C)CCCC(C)CCCC(C)CCCC(C)CCCC(C)CCCC(C)C)C(=O)c2sccc2C1=O. The molecule has 240 valence electrons. The molecule has 0 aromatic carbocycles. The van der Waals surface area contributed by atoms with Crippen LogP contribution >= 0.6 is 11.3 Å². The molecule has 0 bridgehead atoms. The zero-order valence-corrected chi connectivity index (χ0v) is 29.7. The van der Waals surface area contributed by atoms with Gasteiger partial charge in [-0.05, 0) is 66.7 Å². The summed E-state index contributed by atoms with van der Waals surface area (Å²) in [5.74, 6) is 5.05. The van der Waals surface area contributed by atoms with E-state index in [2.05, 4.69) is 48.5 Å². The summed E-state index contributed by atoms with van der Waals surface area (Å²) in [6.45, 7) is 18.7. The van der Waals surface area contributed by atoms with E-state index in [-0.39, 0.29) is 11.6 Å². The van der Waals surface area contributed by atoms with Gasteiger partial charge in [-0.25, -0.2) is 0 Å². The second kappa shape index (κ2) is 19.9. The van der Waals surface area contributed by atoms with Crippen LogP contribution in [-0.2, 0) is 0 Å². The maximum atomic E-state index is 12.9. The van der Waals surface area contributed by atoms with Gasteiger partial charge in [-0.2, -0.15) is 0 Å². The summed E-state index contributed by atoms with van der Waals surface area (Å²) < 4.78 is 0. The van der Waals surface area contributed by atoms with Gasteiger partial charge in [-0.15, -0.1) is 11.3 Å². The van der Waals surface area contributed by atoms with Crippen LogP contribution in [0.5, 0.6) is 0 Å². The number of ketones is 2. The van der Waals surface area contributed by atoms with E-state index in [0.717, 1.165) is 48.0 Å². The summed E-state index contributed by atoms with van der Waals surface area (Å²) in [6.07, 6.45) is 22.4. The minimum atomic E-state index is 0.0504. The van der Waals surface area contributed by atoms with E-state index in [1.54, 1.807) is 6.07 Å². The lowest BCUT2D eigenvalue weighted by Crippen LogP contribution is -2.19. The average Bonchev–Trinajstić information content (AvgIpc) is 3.42. The van der Waals surface area contributed by atoms with Crippen LogP contribution in [0, 0.1) is 35.5 Å². The quantitative estimate of drug-likeness (QED) is 0.126. The van der Waals surface area contributed by atoms with Crippen molar-refractivity contribution >= 4 is 22.9 Å². The van der Waals surface area contributed by atoms with E-state index in [1.165, 1.54) is 108 Å². The highest BCUT2D eigenvalue weighted by molar-refractivity contribution is 7.12. The monoisotopic (exact) mass is 598 g/mol. The molecule has 0 saturated carbocycles. The van der Waals surface area contributed by atoms with Gasteiger partial charge in [-0.1, -0.05) is 145 Å². The highest BCUT2D eigenvalue weighted by Gasteiger charge is 2.30. The van der Waals surface area contributed by atoms with Gasteiger partial charge in [0, 0.05) is 16.7 Å². The van der Waals surface area contributed by atoms with Crippen molar-refractivity contribution in [3.63, 3.8) is 0 Å². The molecule has 1 heterocycles. The standard InChI is InChI=1S/C39H66O2S/c1-28(2)14-9-15-29(3)16-10-17-30(4)18-11-19-31(5)20-12-21-32(6)22-13-23-33(7)24-25-35-34(8)37(40)36-26-27-42-39(36)38(35)41/h26-33H,9-25H2,1-8H3. The largest absolute Gasteiger partial charge is 0.289 e. The average molecular weight is 599 g/mol. The van der Waals surface area contributed by atoms with Crippen LogP contribution in [0.25, 0.3) is 0 Å². The predicted molar refractivity (Wildman–Crippen MR) is 185 cm³/mol. The van der Waals surface area contributed by atoms with Gasteiger partial charge >= 0.3 is 0 Å². The molecule has 1 aliphatic carbocycles. The van der Waals surface area contributed by atoms with Crippen molar-refractivity contribution in [2.24, 2.45) is 35.5 Å². The van der Waals surface area contributed by atoms with Crippen molar-refractivity contribution in [1.82, 2.24) is 0 Å². The first-order chi connectivity index (χ1) is 20.0. The summed E-state index contributed by atoms with van der Waals surface area (Å²) in [7, 11) is 0. The van der Waals surface area contributed by atoms with E-state index >= 15 is 0 Å². The van der Waals surface area contributed by atoms with E-state index in [0.29, 0.717) is 21.9 Å². The number of fused-ring (bicyclic) bond motifs is 1. The first kappa shape index (κ1) is 37.0. The lowest BCUT2D eigenvalue weighted by molar-refractivity contribution is 0.0974. The van der Waals surface area contributed by atoms with Crippen molar-refractivity contribution < 1.29 is 9.59 Å². The summed E-state index contributed by atoms with van der Waals surface area (Å²) in [4.78, 5) is 26.2. The summed E-state index contributed by atoms with van der Waals surface area (Å²) in [5, 5.41) is 1.86. The fourth-order valence-electron chi connectivity index (χ4n) is 6.86. The van der Waals surface area contributed by atoms with Crippen LogP contribution in [0.3, 0.4) is 0 Å². The number of carbonyl (C=O) groups excluding carboxylic acids is 2. The Bertz CT molecular complexity index is 953. The Morgan fingerprint density at radius 1 is 0.548 bits per heavy atom. The number of carbonyl (C=O) groups is 2. The Balaban J connectivity index is 1.48. The molecule has 0 radical (unpaired) electrons. The Morgan fingerprint density at radius 3 is 1.33 bits per heavy atom. The second-order valence-corrected chi connectivity index (χ2v) is 16.0. The third-order valence-corrected chi connectivity index (χ3v) is 11.0. The van der Waals surface area contributed by atoms with Gasteiger partial charge in [0.05, 0.1) is 4.88 Å². The van der Waals surface area contributed by atoms with Crippen LogP contribution < -0.4 is 0 Å². The van der Waals surface area contributed by atoms with Crippen LogP contribution in [0.2, 0.25) is 0 Å². The molecule has 0 spiro atoms. The molecule has 42 heavy (non-hydrogen) atoms. The van der Waals surface area contributed by atoms with Crippen molar-refractivity contribution in [2.75, 3.05) is 0 Å². The molecule has 1 aromatic rings. The predicted octanol–water partition coefficient (Wildman–Crippen LogP) is 12.9. The topological polar surface area (TPSA) is 34.1 Å². The molecule has 0 fully saturated rings. The number of hydrogen-bond donors (Lipinski definition) is 0. The zero-order valence-electron chi connectivity index (χ0n) is 28.9. The lowest BCUT2D eigenvalue weighted by Gasteiger charge is -2.19. The smallest absolute Gasteiger partial charge is 0.200 e. The van der Waals surface area contributed by atoms with Crippen LogP contribution in [0.4, 0.5) is 0 Å². The number of thiophene rings is 1. The van der Waals surface area contributed by atoms with E-state index in [1.807, 2.05) is 12.3 Å². The molecular formula is C39H66O2S. The highest BCUT2D eigenvalue weighted by Crippen LogP contribution is 2.33. The number of rotatable bonds is 23. The van der Waals surface area contributed by atoms with Crippen LogP contribution in [-0.4, -0.2) is 11.6 Å². The van der Waals surface area contributed by atoms with Crippen molar-refractivity contribution in [3.8, 4) is 0 Å². The molecule has 0 saturated heterocycles. The van der Waals surface area contributed by atoms with Gasteiger partial charge in [0.15, 0.2) is 11.6 Å². The summed E-state index contributed by atoms with van der Waals surface area (Å²) in [5.41, 5.74) is 2.04. The minimum absolute atomic E-state index is 0.0504. The van der Waals surface area contributed by atoms with Crippen molar-refractivity contribution in [1.29, 1.82) is 0 Å². The van der Waals surface area contributed by atoms with Crippen LogP contribution in [0.15, 0.2) is 22.6 Å². The molecule has 5 unspecified atom stereocenters. The normalized spacial score (nSPS) is 17.5. The molecule has 5 atom stereocenters. The van der Waals surface area contributed by atoms with Gasteiger partial charge in [0.25, 0.3) is 0 Å². The fraction of sp³-hybridized carbons (Fsp3) is 0.795. The molecule has 1 aliphatic rings. The molecule has 0 amide bonds. The van der Waals surface area contributed by atoms with Crippen molar-refractivity contribution in [2.45, 2.75) is 165 Å². The molecule has 0 aliphatic heterocycles. The Hall–Kier alpha value is -1.22. The number of hydrogen-bond acceptors (Lipinski definition) is 3. The van der Waals surface area contributed by atoms with E-state index < -0.39 is 0 Å². The van der Waals surface area contributed by atoms with E-state index in [4.69, 9.17) is 0 Å². The molecule has 2 rings (SSSR count). The lowest BCUT2D eigenvalue weighted by atomic mass is 9.85. The van der Waals surface area contributed by atoms with Gasteiger partial charge in [0.2, 0.25) is 0 Å². The highest BCUT2D eigenvalue weighted by atomic mass is 32.1. The van der Waals surface area contributed by atoms with Gasteiger partial charge < -0.3 is 0 Å². The first-order valence-corrected chi connectivity index (χ1v) is 18.7. The van der Waals surface area contributed by atoms with Crippen molar-refractivity contribution in [3.05, 3.63) is 33.0 Å². The Labute approximate surface area is 264 Å². The maximum Gasteiger partial charge on any atom is 0.200 e. The number of Topliss-reactive ketones (excluding diaryl/α,β-unsaturated/α-hetero) is 2. The molecule has 1 aromatic heterocycles. The molecule has 2 nitrogen and oxygen atoms in total. The van der Waals surface area contributed by atoms with E-state index in [9.17, 15) is 9.59 Å².